The Morgan fingerprint density at radius 2 is 0.824 bits per heavy atom. The third-order valence-electron chi connectivity index (χ3n) is 5.64. The second-order valence-electron chi connectivity index (χ2n) is 10.7. The molecule has 0 saturated heterocycles. The third-order valence-corrected chi connectivity index (χ3v) is 12.0. The summed E-state index contributed by atoms with van der Waals surface area (Å²) in [5.41, 5.74) is 0. The molecule has 0 bridgehead atoms. The fourth-order valence-electron chi connectivity index (χ4n) is 4.26. The van der Waals surface area contributed by atoms with Crippen molar-refractivity contribution in [3.8, 4) is 0 Å². The van der Waals surface area contributed by atoms with Crippen molar-refractivity contribution in [1.82, 2.24) is 0 Å². The van der Waals surface area contributed by atoms with Gasteiger partial charge < -0.3 is 13.6 Å². The molecule has 0 rings (SSSR count). The molecule has 0 aromatic rings. The Bertz CT molecular complexity index is 549. The predicted molar refractivity (Wildman–Crippen MR) is 149 cm³/mol. The van der Waals surface area contributed by atoms with E-state index < -0.39 is 15.0 Å². The number of hydrogen-bond acceptors (Lipinski definition) is 5. The normalized spacial score (nSPS) is 14.4. The van der Waals surface area contributed by atoms with E-state index in [0.717, 1.165) is 19.3 Å². The lowest BCUT2D eigenvalue weighted by Gasteiger charge is -2.28. The Morgan fingerprint density at radius 1 is 0.500 bits per heavy atom. The van der Waals surface area contributed by atoms with E-state index >= 15 is 0 Å². The lowest BCUT2D eigenvalue weighted by atomic mass is 10.0. The summed E-state index contributed by atoms with van der Waals surface area (Å²) in [7, 11) is -6.60. The van der Waals surface area contributed by atoms with E-state index in [4.69, 9.17) is 13.6 Å². The molecular formula is C27H58O5P2. The van der Waals surface area contributed by atoms with Crippen molar-refractivity contribution in [2.24, 2.45) is 0 Å². The molecule has 7 heteroatoms. The molecule has 1 atom stereocenters. The molecule has 0 aliphatic rings. The Hall–Kier alpha value is 0.340. The quantitative estimate of drug-likeness (QED) is 0.0928. The molecule has 0 aliphatic carbocycles. The Morgan fingerprint density at radius 3 is 1.15 bits per heavy atom. The van der Waals surface area contributed by atoms with Crippen LogP contribution in [0.15, 0.2) is 0 Å². The highest BCUT2D eigenvalue weighted by Crippen LogP contribution is 2.65. The van der Waals surface area contributed by atoms with Crippen LogP contribution in [0.1, 0.15) is 145 Å². The van der Waals surface area contributed by atoms with Crippen molar-refractivity contribution >= 4 is 15.0 Å². The van der Waals surface area contributed by atoms with Crippen molar-refractivity contribution in [2.45, 2.75) is 163 Å². The molecule has 0 radical (unpaired) electrons. The fourth-order valence-corrected chi connectivity index (χ4v) is 10.7. The van der Waals surface area contributed by atoms with Gasteiger partial charge in [0.2, 0.25) is 7.37 Å². The van der Waals surface area contributed by atoms with Gasteiger partial charge in [-0.15, -0.1) is 0 Å². The number of hydrogen-bond donors (Lipinski definition) is 0. The van der Waals surface area contributed by atoms with E-state index in [0.29, 0.717) is 6.16 Å². The summed E-state index contributed by atoms with van der Waals surface area (Å²) in [5.74, 6) is -0.132. The van der Waals surface area contributed by atoms with Gasteiger partial charge in [-0.05, 0) is 48.0 Å². The first-order chi connectivity index (χ1) is 16.0. The van der Waals surface area contributed by atoms with Crippen molar-refractivity contribution in [3.05, 3.63) is 0 Å². The van der Waals surface area contributed by atoms with Crippen LogP contribution in [-0.2, 0) is 22.7 Å². The smallest absolute Gasteiger partial charge is 0.325 e. The van der Waals surface area contributed by atoms with Crippen molar-refractivity contribution < 1.29 is 22.7 Å². The molecule has 0 aliphatic heterocycles. The molecule has 0 fully saturated rings. The highest BCUT2D eigenvalue weighted by Gasteiger charge is 2.39. The largest absolute Gasteiger partial charge is 0.340 e. The Labute approximate surface area is 212 Å². The van der Waals surface area contributed by atoms with Crippen LogP contribution in [0.3, 0.4) is 0 Å². The van der Waals surface area contributed by atoms with Gasteiger partial charge >= 0.3 is 7.60 Å². The summed E-state index contributed by atoms with van der Waals surface area (Å²) >= 11 is 0. The number of unbranched alkanes of at least 4 members (excludes halogenated alkanes) is 14. The van der Waals surface area contributed by atoms with Crippen molar-refractivity contribution in [1.29, 1.82) is 0 Å². The summed E-state index contributed by atoms with van der Waals surface area (Å²) in [6.45, 7) is 13.3. The van der Waals surface area contributed by atoms with Gasteiger partial charge in [0.25, 0.3) is 0 Å². The monoisotopic (exact) mass is 524 g/mol. The minimum atomic E-state index is -3.49. The maximum Gasteiger partial charge on any atom is 0.340 e. The van der Waals surface area contributed by atoms with Crippen molar-refractivity contribution in [3.63, 3.8) is 0 Å². The van der Waals surface area contributed by atoms with Gasteiger partial charge in [0.1, 0.15) is 5.90 Å². The van der Waals surface area contributed by atoms with Gasteiger partial charge in [0.15, 0.2) is 0 Å². The standard InChI is InChI=1S/C27H58O5P2/c1-8-9-10-11-12-13-14-15-16-17-18-19-20-21-22-23-33(28,30-25(2)3)24-34(29,31-26(4)5)32-27(6)7/h25-27H,8-24H2,1-7H3. The first-order valence-electron chi connectivity index (χ1n) is 14.2. The minimum absolute atomic E-state index is 0.132. The summed E-state index contributed by atoms with van der Waals surface area (Å²) in [6.07, 6.45) is 19.1. The molecule has 0 N–H and O–H groups in total. The van der Waals surface area contributed by atoms with Crippen LogP contribution in [0.25, 0.3) is 0 Å². The second-order valence-corrected chi connectivity index (χ2v) is 15.8. The summed E-state index contributed by atoms with van der Waals surface area (Å²) < 4.78 is 44.0. The van der Waals surface area contributed by atoms with Crippen LogP contribution in [0.5, 0.6) is 0 Å². The third kappa shape index (κ3) is 20.5. The van der Waals surface area contributed by atoms with Crippen LogP contribution in [0.2, 0.25) is 0 Å². The second kappa shape index (κ2) is 20.4. The lowest BCUT2D eigenvalue weighted by Crippen LogP contribution is -2.14. The predicted octanol–water partition coefficient (Wildman–Crippen LogP) is 10.6. The lowest BCUT2D eigenvalue weighted by molar-refractivity contribution is 0.144. The van der Waals surface area contributed by atoms with E-state index in [1.807, 2.05) is 41.5 Å². The molecule has 0 aromatic carbocycles. The molecule has 0 spiro atoms. The average Bonchev–Trinajstić information content (AvgIpc) is 2.68. The fraction of sp³-hybridized carbons (Fsp3) is 1.00. The Kier molecular flexibility index (Phi) is 20.6. The number of rotatable bonds is 24. The highest BCUT2D eigenvalue weighted by molar-refractivity contribution is 7.74. The van der Waals surface area contributed by atoms with Crippen molar-refractivity contribution in [2.75, 3.05) is 12.1 Å². The van der Waals surface area contributed by atoms with E-state index in [-0.39, 0.29) is 24.2 Å². The van der Waals surface area contributed by atoms with Crippen LogP contribution in [0, 0.1) is 0 Å². The maximum atomic E-state index is 13.6. The summed E-state index contributed by atoms with van der Waals surface area (Å²) in [5, 5.41) is 0. The molecule has 206 valence electrons. The molecule has 5 nitrogen and oxygen atoms in total. The van der Waals surface area contributed by atoms with Gasteiger partial charge in [-0.1, -0.05) is 96.8 Å². The van der Waals surface area contributed by atoms with Gasteiger partial charge in [-0.3, -0.25) is 9.13 Å². The molecule has 34 heavy (non-hydrogen) atoms. The zero-order valence-corrected chi connectivity index (χ0v) is 25.5. The van der Waals surface area contributed by atoms with E-state index in [1.54, 1.807) is 0 Å². The van der Waals surface area contributed by atoms with Crippen LogP contribution in [-0.4, -0.2) is 30.4 Å². The molecule has 0 amide bonds. The van der Waals surface area contributed by atoms with E-state index in [9.17, 15) is 9.13 Å². The van der Waals surface area contributed by atoms with Gasteiger partial charge in [0.05, 0.1) is 18.3 Å². The van der Waals surface area contributed by atoms with Crippen LogP contribution < -0.4 is 0 Å². The summed E-state index contributed by atoms with van der Waals surface area (Å²) in [6, 6.07) is 0. The topological polar surface area (TPSA) is 61.8 Å². The minimum Gasteiger partial charge on any atom is -0.325 e. The molecule has 0 heterocycles. The maximum absolute atomic E-state index is 13.6. The van der Waals surface area contributed by atoms with Gasteiger partial charge in [-0.2, -0.15) is 0 Å². The zero-order chi connectivity index (χ0) is 25.9. The van der Waals surface area contributed by atoms with Crippen LogP contribution in [0.4, 0.5) is 0 Å². The summed E-state index contributed by atoms with van der Waals surface area (Å²) in [4.78, 5) is 0. The van der Waals surface area contributed by atoms with E-state index in [2.05, 4.69) is 6.92 Å². The van der Waals surface area contributed by atoms with E-state index in [1.165, 1.54) is 77.0 Å². The van der Waals surface area contributed by atoms with Crippen LogP contribution >= 0.6 is 15.0 Å². The SMILES string of the molecule is CCCCCCCCCCCCCCCCCP(=O)(CP(=O)(OC(C)C)OC(C)C)OC(C)C. The zero-order valence-electron chi connectivity index (χ0n) is 23.7. The van der Waals surface area contributed by atoms with Gasteiger partial charge in [0, 0.05) is 6.16 Å². The molecule has 0 aromatic heterocycles. The average molecular weight is 525 g/mol. The first-order valence-corrected chi connectivity index (χ1v) is 18.0. The molecule has 1 unspecified atom stereocenters. The van der Waals surface area contributed by atoms with Gasteiger partial charge in [-0.25, -0.2) is 0 Å². The first kappa shape index (κ1) is 34.3. The Balaban J connectivity index is 4.18. The molecule has 0 saturated carbocycles. The highest BCUT2D eigenvalue weighted by atomic mass is 31.2. The molecular weight excluding hydrogens is 466 g/mol.